The van der Waals surface area contributed by atoms with Crippen molar-refractivity contribution < 1.29 is 24.0 Å². The number of nitro groups is 1. The van der Waals surface area contributed by atoms with Crippen LogP contribution in [0.25, 0.3) is 0 Å². The number of aryl methyl sites for hydroxylation is 1. The first-order chi connectivity index (χ1) is 16.8. The minimum Gasteiger partial charge on any atom is -0.468 e. The molecule has 8 nitrogen and oxygen atoms in total. The Morgan fingerprint density at radius 1 is 0.943 bits per heavy atom. The van der Waals surface area contributed by atoms with Crippen molar-refractivity contribution in [3.8, 4) is 0 Å². The number of fused-ring (bicyclic) bond motifs is 1. The molecule has 3 atom stereocenters. The number of nitrogens with zero attached hydrogens (tertiary/aromatic N) is 1. The van der Waals surface area contributed by atoms with E-state index in [4.69, 9.17) is 4.74 Å². The lowest BCUT2D eigenvalue weighted by atomic mass is 9.63. The Balaban J connectivity index is 1.82. The van der Waals surface area contributed by atoms with Crippen molar-refractivity contribution in [3.63, 3.8) is 0 Å². The molecule has 1 fully saturated rings. The normalized spacial score (nSPS) is 22.3. The number of carbonyl (C=O) groups is 3. The molecular formula is C27H22N2O6. The van der Waals surface area contributed by atoms with Gasteiger partial charge in [0.1, 0.15) is 11.5 Å². The first kappa shape index (κ1) is 22.6. The van der Waals surface area contributed by atoms with Gasteiger partial charge in [-0.3, -0.25) is 29.8 Å². The smallest absolute Gasteiger partial charge is 0.323 e. The minimum absolute atomic E-state index is 0.198. The summed E-state index contributed by atoms with van der Waals surface area (Å²) >= 11 is 0. The molecule has 0 aromatic heterocycles. The van der Waals surface area contributed by atoms with E-state index < -0.39 is 45.9 Å². The van der Waals surface area contributed by atoms with Gasteiger partial charge in [-0.2, -0.15) is 0 Å². The van der Waals surface area contributed by atoms with Gasteiger partial charge in [-0.1, -0.05) is 66.2 Å². The zero-order valence-electron chi connectivity index (χ0n) is 19.1. The van der Waals surface area contributed by atoms with E-state index in [0.717, 1.165) is 5.56 Å². The van der Waals surface area contributed by atoms with E-state index >= 15 is 0 Å². The molecule has 0 saturated carbocycles. The molecule has 1 saturated heterocycles. The summed E-state index contributed by atoms with van der Waals surface area (Å²) in [6.07, 6.45) is 0. The van der Waals surface area contributed by atoms with E-state index in [2.05, 4.69) is 5.32 Å². The van der Waals surface area contributed by atoms with Crippen molar-refractivity contribution in [2.24, 2.45) is 5.41 Å². The highest BCUT2D eigenvalue weighted by molar-refractivity contribution is 6.31. The van der Waals surface area contributed by atoms with Gasteiger partial charge in [0.05, 0.1) is 18.1 Å². The number of nitrogens with one attached hydrogen (secondary N) is 1. The number of ether oxygens (including phenoxy) is 1. The fourth-order valence-corrected chi connectivity index (χ4v) is 5.65. The fourth-order valence-electron chi connectivity index (χ4n) is 5.65. The van der Waals surface area contributed by atoms with Gasteiger partial charge in [0.15, 0.2) is 11.6 Å². The molecule has 5 rings (SSSR count). The number of hydrogen-bond donors (Lipinski definition) is 1. The third-order valence-electron chi connectivity index (χ3n) is 7.06. The van der Waals surface area contributed by atoms with Crippen LogP contribution in [0.4, 0.5) is 5.69 Å². The monoisotopic (exact) mass is 470 g/mol. The first-order valence-corrected chi connectivity index (χ1v) is 11.1. The molecule has 0 bridgehead atoms. The standard InChI is InChI=1S/C27H22N2O6/c1-15-7-5-9-17(13-15)23-27(24(30)19-11-3-4-12-20(19)25(27)31)21(22(28-23)26(32)35-2)16-8-6-10-18(14-16)29(33)34/h3-14,21-23,28H,1-2H3/t21-,22+,23-/m0/s1. The van der Waals surface area contributed by atoms with Crippen molar-refractivity contribution in [2.75, 3.05) is 7.11 Å². The zero-order chi connectivity index (χ0) is 24.9. The van der Waals surface area contributed by atoms with Crippen LogP contribution >= 0.6 is 0 Å². The van der Waals surface area contributed by atoms with E-state index in [-0.39, 0.29) is 16.8 Å². The number of hydrogen-bond acceptors (Lipinski definition) is 7. The SMILES string of the molecule is COC(=O)[C@@H]1N[C@@H](c2cccc(C)c2)C2(C(=O)c3ccccc3C2=O)[C@H]1c1cccc([N+](=O)[O-])c1. The van der Waals surface area contributed by atoms with E-state index in [0.29, 0.717) is 11.1 Å². The highest BCUT2D eigenvalue weighted by Crippen LogP contribution is 2.59. The second kappa shape index (κ2) is 8.25. The molecule has 3 aromatic rings. The van der Waals surface area contributed by atoms with Gasteiger partial charge in [0.2, 0.25) is 0 Å². The average molecular weight is 470 g/mol. The van der Waals surface area contributed by atoms with Crippen molar-refractivity contribution >= 4 is 23.2 Å². The van der Waals surface area contributed by atoms with Gasteiger partial charge >= 0.3 is 5.97 Å². The number of nitro benzene ring substituents is 1. The molecule has 8 heteroatoms. The van der Waals surface area contributed by atoms with Gasteiger partial charge in [0.25, 0.3) is 5.69 Å². The summed E-state index contributed by atoms with van der Waals surface area (Å²) in [7, 11) is 1.23. The predicted molar refractivity (Wildman–Crippen MR) is 126 cm³/mol. The van der Waals surface area contributed by atoms with Crippen LogP contribution in [0.3, 0.4) is 0 Å². The van der Waals surface area contributed by atoms with Crippen LogP contribution in [-0.4, -0.2) is 35.6 Å². The van der Waals surface area contributed by atoms with Crippen molar-refractivity contribution in [2.45, 2.75) is 24.9 Å². The van der Waals surface area contributed by atoms with Crippen LogP contribution in [0.2, 0.25) is 0 Å². The van der Waals surface area contributed by atoms with Crippen LogP contribution in [-0.2, 0) is 9.53 Å². The molecule has 1 spiro atoms. The number of carbonyl (C=O) groups excluding carboxylic acids is 3. The van der Waals surface area contributed by atoms with Crippen molar-refractivity contribution in [1.82, 2.24) is 5.32 Å². The number of Topliss-reactive ketones (excluding diaryl/α,β-unsaturated/α-hetero) is 2. The van der Waals surface area contributed by atoms with Crippen LogP contribution in [0.5, 0.6) is 0 Å². The molecule has 0 radical (unpaired) electrons. The maximum Gasteiger partial charge on any atom is 0.323 e. The molecule has 0 amide bonds. The summed E-state index contributed by atoms with van der Waals surface area (Å²) in [5, 5.41) is 14.8. The maximum absolute atomic E-state index is 14.2. The van der Waals surface area contributed by atoms with Gasteiger partial charge in [-0.25, -0.2) is 0 Å². The molecule has 1 aliphatic heterocycles. The Morgan fingerprint density at radius 3 is 2.17 bits per heavy atom. The largest absolute Gasteiger partial charge is 0.468 e. The molecule has 2 aliphatic rings. The van der Waals surface area contributed by atoms with Crippen LogP contribution in [0.1, 0.15) is 49.4 Å². The molecule has 1 N–H and O–H groups in total. The van der Waals surface area contributed by atoms with Crippen molar-refractivity contribution in [1.29, 1.82) is 0 Å². The van der Waals surface area contributed by atoms with Crippen molar-refractivity contribution in [3.05, 3.63) is 111 Å². The average Bonchev–Trinajstić information content (AvgIpc) is 3.34. The van der Waals surface area contributed by atoms with Gasteiger partial charge in [-0.05, 0) is 18.1 Å². The second-order valence-corrected chi connectivity index (χ2v) is 8.92. The number of ketones is 2. The number of benzene rings is 3. The summed E-state index contributed by atoms with van der Waals surface area (Å²) < 4.78 is 5.06. The summed E-state index contributed by atoms with van der Waals surface area (Å²) in [6.45, 7) is 1.90. The van der Waals surface area contributed by atoms with Gasteiger partial charge in [-0.15, -0.1) is 0 Å². The predicted octanol–water partition coefficient (Wildman–Crippen LogP) is 3.94. The van der Waals surface area contributed by atoms with E-state index in [1.807, 2.05) is 25.1 Å². The molecule has 176 valence electrons. The highest BCUT2D eigenvalue weighted by atomic mass is 16.6. The third-order valence-corrected chi connectivity index (χ3v) is 7.06. The number of rotatable bonds is 4. The second-order valence-electron chi connectivity index (χ2n) is 8.92. The summed E-state index contributed by atoms with van der Waals surface area (Å²) in [5.74, 6) is -2.53. The van der Waals surface area contributed by atoms with Gasteiger partial charge < -0.3 is 4.74 Å². The summed E-state index contributed by atoms with van der Waals surface area (Å²) in [5.41, 5.74) is 0.550. The Hall–Kier alpha value is -4.17. The Morgan fingerprint density at radius 2 is 1.57 bits per heavy atom. The topological polar surface area (TPSA) is 116 Å². The molecule has 3 aromatic carbocycles. The molecule has 1 heterocycles. The van der Waals surface area contributed by atoms with E-state index in [1.54, 1.807) is 36.4 Å². The zero-order valence-corrected chi connectivity index (χ0v) is 19.1. The molecular weight excluding hydrogens is 448 g/mol. The molecule has 0 unspecified atom stereocenters. The highest BCUT2D eigenvalue weighted by Gasteiger charge is 2.69. The molecule has 35 heavy (non-hydrogen) atoms. The Bertz CT molecular complexity index is 1360. The van der Waals surface area contributed by atoms with Crippen LogP contribution in [0, 0.1) is 22.5 Å². The number of esters is 1. The van der Waals surface area contributed by atoms with E-state index in [1.165, 1.54) is 25.3 Å². The fraction of sp³-hybridized carbons (Fsp3) is 0.222. The molecule has 1 aliphatic carbocycles. The minimum atomic E-state index is -1.73. The quantitative estimate of drug-likeness (QED) is 0.266. The lowest BCUT2D eigenvalue weighted by molar-refractivity contribution is -0.384. The van der Waals surface area contributed by atoms with Crippen LogP contribution in [0.15, 0.2) is 72.8 Å². The first-order valence-electron chi connectivity index (χ1n) is 11.1. The lowest BCUT2D eigenvalue weighted by Crippen LogP contribution is -2.43. The third kappa shape index (κ3) is 3.21. The van der Waals surface area contributed by atoms with E-state index in [9.17, 15) is 24.5 Å². The summed E-state index contributed by atoms with van der Waals surface area (Å²) in [4.78, 5) is 52.5. The summed E-state index contributed by atoms with van der Waals surface area (Å²) in [6, 6.07) is 17.8. The van der Waals surface area contributed by atoms with Crippen LogP contribution < -0.4 is 5.32 Å². The number of non-ortho nitro benzene ring substituents is 1. The Kier molecular flexibility index (Phi) is 5.33. The maximum atomic E-state index is 14.2. The number of methoxy groups -OCH3 is 1. The Labute approximate surface area is 201 Å². The van der Waals surface area contributed by atoms with Gasteiger partial charge in [0, 0.05) is 29.2 Å². The lowest BCUT2D eigenvalue weighted by Gasteiger charge is -2.33.